The van der Waals surface area contributed by atoms with Crippen molar-refractivity contribution in [2.45, 2.75) is 6.54 Å². The molecular weight excluding hydrogens is 356 g/mol. The number of hydrogen-bond donors (Lipinski definition) is 2. The van der Waals surface area contributed by atoms with Crippen LogP contribution in [-0.4, -0.2) is 54.9 Å². The molecule has 2 rings (SSSR count). The zero-order valence-electron chi connectivity index (χ0n) is 14.5. The fourth-order valence-electron chi connectivity index (χ4n) is 1.81. The van der Waals surface area contributed by atoms with E-state index < -0.39 is 18.5 Å². The number of esters is 1. The molecule has 9 heteroatoms. The Morgan fingerprint density at radius 3 is 2.62 bits per heavy atom. The van der Waals surface area contributed by atoms with Crippen LogP contribution in [0.3, 0.4) is 0 Å². The van der Waals surface area contributed by atoms with Crippen molar-refractivity contribution in [2.75, 3.05) is 32.6 Å². The van der Waals surface area contributed by atoms with E-state index in [2.05, 4.69) is 15.6 Å². The van der Waals surface area contributed by atoms with E-state index in [-0.39, 0.29) is 18.1 Å². The maximum absolute atomic E-state index is 11.9. The number of thiazole rings is 1. The number of carbonyl (C=O) groups is 3. The summed E-state index contributed by atoms with van der Waals surface area (Å²) in [4.78, 5) is 40.4. The molecule has 0 saturated carbocycles. The molecule has 0 aliphatic carbocycles. The third kappa shape index (κ3) is 6.17. The molecule has 138 valence electrons. The van der Waals surface area contributed by atoms with E-state index in [1.54, 1.807) is 19.5 Å². The SMILES string of the molecule is CN(C)C(=O)CNC(=O)COC(=O)c1csc(NCc2ccccc2)n1. The number of likely N-dealkylation sites (N-methyl/N-ethyl adjacent to an activating group) is 1. The lowest BCUT2D eigenvalue weighted by Gasteiger charge is -2.10. The first-order valence-electron chi connectivity index (χ1n) is 7.83. The number of nitrogens with one attached hydrogen (secondary N) is 2. The van der Waals surface area contributed by atoms with Crippen molar-refractivity contribution in [1.29, 1.82) is 0 Å². The van der Waals surface area contributed by atoms with Gasteiger partial charge >= 0.3 is 5.97 Å². The molecular formula is C17H20N4O4S. The van der Waals surface area contributed by atoms with Crippen molar-refractivity contribution in [2.24, 2.45) is 0 Å². The Balaban J connectivity index is 1.75. The summed E-state index contributed by atoms with van der Waals surface area (Å²) in [5.41, 5.74) is 1.22. The van der Waals surface area contributed by atoms with E-state index in [1.807, 2.05) is 30.3 Å². The molecule has 0 fully saturated rings. The highest BCUT2D eigenvalue weighted by molar-refractivity contribution is 7.13. The molecule has 2 aromatic rings. The predicted molar refractivity (Wildman–Crippen MR) is 97.9 cm³/mol. The van der Waals surface area contributed by atoms with Crippen LogP contribution in [-0.2, 0) is 20.9 Å². The van der Waals surface area contributed by atoms with E-state index in [0.29, 0.717) is 11.7 Å². The standard InChI is InChI=1S/C17H20N4O4S/c1-21(2)15(23)9-18-14(22)10-25-16(24)13-11-26-17(20-13)19-8-12-6-4-3-5-7-12/h3-7,11H,8-10H2,1-2H3,(H,18,22)(H,19,20). The molecule has 26 heavy (non-hydrogen) atoms. The van der Waals surface area contributed by atoms with Gasteiger partial charge in [0.25, 0.3) is 5.91 Å². The Labute approximate surface area is 155 Å². The average Bonchev–Trinajstić information content (AvgIpc) is 3.12. The molecule has 0 radical (unpaired) electrons. The maximum atomic E-state index is 11.9. The first-order chi connectivity index (χ1) is 12.5. The first kappa shape index (κ1) is 19.4. The highest BCUT2D eigenvalue weighted by Crippen LogP contribution is 2.17. The van der Waals surface area contributed by atoms with Crippen LogP contribution in [0, 0.1) is 0 Å². The van der Waals surface area contributed by atoms with Gasteiger partial charge in [-0.1, -0.05) is 30.3 Å². The molecule has 1 heterocycles. The van der Waals surface area contributed by atoms with E-state index in [1.165, 1.54) is 16.2 Å². The monoisotopic (exact) mass is 376 g/mol. The second-order valence-electron chi connectivity index (χ2n) is 5.52. The van der Waals surface area contributed by atoms with Crippen LogP contribution in [0.4, 0.5) is 5.13 Å². The summed E-state index contributed by atoms with van der Waals surface area (Å²) in [5.74, 6) is -1.49. The number of hydrogen-bond acceptors (Lipinski definition) is 7. The van der Waals surface area contributed by atoms with Crippen LogP contribution in [0.1, 0.15) is 16.1 Å². The number of ether oxygens (including phenoxy) is 1. The average molecular weight is 376 g/mol. The predicted octanol–water partition coefficient (Wildman–Crippen LogP) is 1.12. The van der Waals surface area contributed by atoms with E-state index >= 15 is 0 Å². The van der Waals surface area contributed by atoms with Gasteiger partial charge in [-0.25, -0.2) is 9.78 Å². The van der Waals surface area contributed by atoms with Crippen molar-refractivity contribution >= 4 is 34.3 Å². The molecule has 0 saturated heterocycles. The Bertz CT molecular complexity index is 761. The van der Waals surface area contributed by atoms with Gasteiger partial charge in [0.15, 0.2) is 17.4 Å². The molecule has 0 spiro atoms. The van der Waals surface area contributed by atoms with Crippen LogP contribution in [0.15, 0.2) is 35.7 Å². The molecule has 2 N–H and O–H groups in total. The van der Waals surface area contributed by atoms with Gasteiger partial charge in [-0.3, -0.25) is 9.59 Å². The number of aromatic nitrogens is 1. The number of nitrogens with zero attached hydrogens (tertiary/aromatic N) is 2. The summed E-state index contributed by atoms with van der Waals surface area (Å²) in [6.45, 7) is -0.0252. The molecule has 0 aliphatic heterocycles. The normalized spacial score (nSPS) is 10.1. The van der Waals surface area contributed by atoms with Crippen LogP contribution < -0.4 is 10.6 Å². The maximum Gasteiger partial charge on any atom is 0.358 e. The highest BCUT2D eigenvalue weighted by Gasteiger charge is 2.15. The van der Waals surface area contributed by atoms with Gasteiger partial charge in [-0.05, 0) is 5.56 Å². The Kier molecular flexibility index (Phi) is 7.10. The van der Waals surface area contributed by atoms with Crippen LogP contribution in [0.5, 0.6) is 0 Å². The second-order valence-corrected chi connectivity index (χ2v) is 6.38. The lowest BCUT2D eigenvalue weighted by atomic mass is 10.2. The van der Waals surface area contributed by atoms with Crippen LogP contribution in [0.25, 0.3) is 0 Å². The van der Waals surface area contributed by atoms with Crippen molar-refractivity contribution in [3.8, 4) is 0 Å². The second kappa shape index (κ2) is 9.52. The number of benzene rings is 1. The third-order valence-corrected chi connectivity index (χ3v) is 4.07. The Morgan fingerprint density at radius 2 is 1.92 bits per heavy atom. The highest BCUT2D eigenvalue weighted by atomic mass is 32.1. The lowest BCUT2D eigenvalue weighted by Crippen LogP contribution is -2.38. The summed E-state index contributed by atoms with van der Waals surface area (Å²) in [6.07, 6.45) is 0. The van der Waals surface area contributed by atoms with Gasteiger partial charge < -0.3 is 20.3 Å². The van der Waals surface area contributed by atoms with Gasteiger partial charge in [-0.15, -0.1) is 11.3 Å². The van der Waals surface area contributed by atoms with Crippen LogP contribution in [0.2, 0.25) is 0 Å². The van der Waals surface area contributed by atoms with E-state index in [9.17, 15) is 14.4 Å². The smallest absolute Gasteiger partial charge is 0.358 e. The van der Waals surface area contributed by atoms with Gasteiger partial charge in [0.2, 0.25) is 5.91 Å². The molecule has 2 amide bonds. The molecule has 0 bridgehead atoms. The summed E-state index contributed by atoms with van der Waals surface area (Å²) in [6, 6.07) is 9.79. The summed E-state index contributed by atoms with van der Waals surface area (Å²) in [5, 5.41) is 7.64. The first-order valence-corrected chi connectivity index (χ1v) is 8.71. The minimum absolute atomic E-state index is 0.128. The van der Waals surface area contributed by atoms with Gasteiger partial charge in [0.1, 0.15) is 0 Å². The zero-order chi connectivity index (χ0) is 18.9. The summed E-state index contributed by atoms with van der Waals surface area (Å²) >= 11 is 1.27. The molecule has 0 aliphatic rings. The minimum atomic E-state index is -0.692. The summed E-state index contributed by atoms with van der Waals surface area (Å²) < 4.78 is 4.90. The third-order valence-electron chi connectivity index (χ3n) is 3.27. The Morgan fingerprint density at radius 1 is 1.19 bits per heavy atom. The lowest BCUT2D eigenvalue weighted by molar-refractivity contribution is -0.131. The van der Waals surface area contributed by atoms with Gasteiger partial charge in [0, 0.05) is 26.0 Å². The van der Waals surface area contributed by atoms with Crippen molar-refractivity contribution < 1.29 is 19.1 Å². The van der Waals surface area contributed by atoms with Crippen molar-refractivity contribution in [3.05, 3.63) is 47.0 Å². The Hall–Kier alpha value is -2.94. The number of carbonyl (C=O) groups excluding carboxylic acids is 3. The molecule has 1 aromatic heterocycles. The topological polar surface area (TPSA) is 101 Å². The van der Waals surface area contributed by atoms with Crippen LogP contribution >= 0.6 is 11.3 Å². The molecule has 0 atom stereocenters. The quantitative estimate of drug-likeness (QED) is 0.670. The zero-order valence-corrected chi connectivity index (χ0v) is 15.3. The fourth-order valence-corrected chi connectivity index (χ4v) is 2.49. The minimum Gasteiger partial charge on any atom is -0.451 e. The van der Waals surface area contributed by atoms with Gasteiger partial charge in [0.05, 0.1) is 6.54 Å². The van der Waals surface area contributed by atoms with E-state index in [4.69, 9.17) is 4.74 Å². The largest absolute Gasteiger partial charge is 0.451 e. The van der Waals surface area contributed by atoms with Crippen molar-refractivity contribution in [3.63, 3.8) is 0 Å². The van der Waals surface area contributed by atoms with Gasteiger partial charge in [-0.2, -0.15) is 0 Å². The molecule has 8 nitrogen and oxygen atoms in total. The molecule has 0 unspecified atom stereocenters. The van der Waals surface area contributed by atoms with Crippen molar-refractivity contribution in [1.82, 2.24) is 15.2 Å². The number of rotatable bonds is 8. The summed E-state index contributed by atoms with van der Waals surface area (Å²) in [7, 11) is 3.17. The number of anilines is 1. The number of amides is 2. The van der Waals surface area contributed by atoms with E-state index in [0.717, 1.165) is 5.56 Å². The molecule has 1 aromatic carbocycles. The fraction of sp³-hybridized carbons (Fsp3) is 0.294.